The minimum absolute atomic E-state index is 0.188. The number of carbonyl (C=O) groups is 1. The van der Waals surface area contributed by atoms with E-state index in [1.165, 1.54) is 0 Å². The third-order valence-corrected chi connectivity index (χ3v) is 4.24. The van der Waals surface area contributed by atoms with Crippen molar-refractivity contribution in [2.75, 3.05) is 0 Å². The van der Waals surface area contributed by atoms with Crippen molar-refractivity contribution >= 4 is 50.9 Å². The highest BCUT2D eigenvalue weighted by Gasteiger charge is 2.16. The van der Waals surface area contributed by atoms with Crippen molar-refractivity contribution in [3.8, 4) is 0 Å². The summed E-state index contributed by atoms with van der Waals surface area (Å²) in [6.07, 6.45) is 0. The normalized spacial score (nSPS) is 11.0. The number of carbonyl (C=O) groups excluding carboxylic acids is 1. The van der Waals surface area contributed by atoms with Crippen molar-refractivity contribution in [3.63, 3.8) is 0 Å². The molecule has 7 heteroatoms. The standard InChI is InChI=1S/C15H10Cl2N2O3/c16-10-6-5-9-14(13(10)17)19(7-12(20)18-22)11-4-2-1-3-8(11)15(9)21/h1-6,22H,7H2,(H,18,20). The van der Waals surface area contributed by atoms with Crippen LogP contribution in [0, 0.1) is 0 Å². The van der Waals surface area contributed by atoms with E-state index < -0.39 is 5.91 Å². The molecular weight excluding hydrogens is 327 g/mol. The number of benzene rings is 2. The SMILES string of the molecule is O=C(Cn1c2ccccc2c(=O)c2ccc(Cl)c(Cl)c21)NO. The molecule has 3 rings (SSSR count). The predicted octanol–water partition coefficient (Wildman–Crippen LogP) is 2.97. The van der Waals surface area contributed by atoms with Gasteiger partial charge in [0.15, 0.2) is 5.43 Å². The van der Waals surface area contributed by atoms with Crippen LogP contribution in [0.2, 0.25) is 10.0 Å². The van der Waals surface area contributed by atoms with E-state index in [0.29, 0.717) is 21.8 Å². The van der Waals surface area contributed by atoms with Crippen LogP contribution in [0.4, 0.5) is 0 Å². The van der Waals surface area contributed by atoms with Crippen LogP contribution in [0.15, 0.2) is 41.2 Å². The zero-order chi connectivity index (χ0) is 15.9. The van der Waals surface area contributed by atoms with E-state index in [4.69, 9.17) is 28.4 Å². The zero-order valence-corrected chi connectivity index (χ0v) is 12.6. The fourth-order valence-electron chi connectivity index (χ4n) is 2.50. The number of rotatable bonds is 2. The van der Waals surface area contributed by atoms with Gasteiger partial charge in [0.05, 0.1) is 21.1 Å². The van der Waals surface area contributed by atoms with Crippen molar-refractivity contribution < 1.29 is 10.0 Å². The van der Waals surface area contributed by atoms with Crippen molar-refractivity contribution in [1.82, 2.24) is 10.0 Å². The van der Waals surface area contributed by atoms with E-state index in [1.54, 1.807) is 46.4 Å². The fraction of sp³-hybridized carbons (Fsp3) is 0.0667. The van der Waals surface area contributed by atoms with E-state index >= 15 is 0 Å². The summed E-state index contributed by atoms with van der Waals surface area (Å²) in [6.45, 7) is -0.201. The van der Waals surface area contributed by atoms with Crippen LogP contribution < -0.4 is 10.9 Å². The number of hydroxylamine groups is 1. The molecule has 0 bridgehead atoms. The third kappa shape index (κ3) is 2.23. The molecule has 0 aliphatic rings. The lowest BCUT2D eigenvalue weighted by molar-refractivity contribution is -0.129. The number of nitrogens with one attached hydrogen (secondary N) is 1. The van der Waals surface area contributed by atoms with Crippen LogP contribution >= 0.6 is 23.2 Å². The van der Waals surface area contributed by atoms with E-state index in [1.807, 2.05) is 0 Å². The van der Waals surface area contributed by atoms with Crippen LogP contribution in [0.5, 0.6) is 0 Å². The first-order chi connectivity index (χ1) is 10.5. The number of para-hydroxylation sites is 1. The molecule has 0 fully saturated rings. The number of pyridine rings is 1. The summed E-state index contributed by atoms with van der Waals surface area (Å²) in [7, 11) is 0. The number of amides is 1. The first-order valence-electron chi connectivity index (χ1n) is 6.36. The summed E-state index contributed by atoms with van der Waals surface area (Å²) in [5.41, 5.74) is 2.29. The summed E-state index contributed by atoms with van der Waals surface area (Å²) in [6, 6.07) is 9.98. The van der Waals surface area contributed by atoms with Crippen molar-refractivity contribution in [2.45, 2.75) is 6.54 Å². The monoisotopic (exact) mass is 336 g/mol. The van der Waals surface area contributed by atoms with Crippen molar-refractivity contribution in [1.29, 1.82) is 0 Å². The van der Waals surface area contributed by atoms with Gasteiger partial charge in [-0.05, 0) is 24.3 Å². The number of halogens is 2. The molecule has 3 aromatic rings. The molecule has 22 heavy (non-hydrogen) atoms. The molecule has 0 radical (unpaired) electrons. The summed E-state index contributed by atoms with van der Waals surface area (Å²) < 4.78 is 1.56. The number of nitrogens with zero attached hydrogens (tertiary/aromatic N) is 1. The first kappa shape index (κ1) is 14.8. The molecule has 112 valence electrons. The van der Waals surface area contributed by atoms with Crippen molar-refractivity contribution in [3.05, 3.63) is 56.7 Å². The second-order valence-electron chi connectivity index (χ2n) is 4.72. The molecule has 1 aromatic heterocycles. The fourth-order valence-corrected chi connectivity index (χ4v) is 2.92. The van der Waals surface area contributed by atoms with E-state index in [-0.39, 0.29) is 22.0 Å². The van der Waals surface area contributed by atoms with Gasteiger partial charge in [-0.2, -0.15) is 0 Å². The second-order valence-corrected chi connectivity index (χ2v) is 5.51. The van der Waals surface area contributed by atoms with Gasteiger partial charge in [-0.15, -0.1) is 0 Å². The number of fused-ring (bicyclic) bond motifs is 2. The van der Waals surface area contributed by atoms with Gasteiger partial charge in [0.2, 0.25) is 0 Å². The average molecular weight is 337 g/mol. The minimum Gasteiger partial charge on any atom is -0.329 e. The Labute approximate surface area is 134 Å². The van der Waals surface area contributed by atoms with Crippen LogP contribution in [0.1, 0.15) is 0 Å². The van der Waals surface area contributed by atoms with Gasteiger partial charge in [0.25, 0.3) is 5.91 Å². The highest BCUT2D eigenvalue weighted by Crippen LogP contribution is 2.31. The van der Waals surface area contributed by atoms with Crippen LogP contribution in [0.3, 0.4) is 0 Å². The Morgan fingerprint density at radius 2 is 1.86 bits per heavy atom. The molecule has 0 spiro atoms. The molecule has 5 nitrogen and oxygen atoms in total. The minimum atomic E-state index is -0.633. The number of hydrogen-bond donors (Lipinski definition) is 2. The molecule has 0 saturated carbocycles. The molecule has 0 atom stereocenters. The molecule has 0 aliphatic carbocycles. The van der Waals surface area contributed by atoms with Crippen LogP contribution in [0.25, 0.3) is 21.8 Å². The maximum atomic E-state index is 12.6. The second kappa shape index (κ2) is 5.61. The lowest BCUT2D eigenvalue weighted by atomic mass is 10.1. The molecule has 2 N–H and O–H groups in total. The number of hydrogen-bond acceptors (Lipinski definition) is 3. The lowest BCUT2D eigenvalue weighted by Crippen LogP contribution is -2.25. The topological polar surface area (TPSA) is 71.3 Å². The average Bonchev–Trinajstić information content (AvgIpc) is 2.54. The molecule has 0 aliphatic heterocycles. The largest absolute Gasteiger partial charge is 0.329 e. The van der Waals surface area contributed by atoms with Crippen LogP contribution in [-0.2, 0) is 11.3 Å². The smallest absolute Gasteiger partial charge is 0.263 e. The molecule has 2 aromatic carbocycles. The lowest BCUT2D eigenvalue weighted by Gasteiger charge is -2.15. The van der Waals surface area contributed by atoms with E-state index in [0.717, 1.165) is 0 Å². The van der Waals surface area contributed by atoms with Gasteiger partial charge in [0.1, 0.15) is 6.54 Å². The van der Waals surface area contributed by atoms with Gasteiger partial charge in [0, 0.05) is 10.8 Å². The first-order valence-corrected chi connectivity index (χ1v) is 7.12. The highest BCUT2D eigenvalue weighted by atomic mass is 35.5. The quantitative estimate of drug-likeness (QED) is 0.429. The summed E-state index contributed by atoms with van der Waals surface area (Å²) >= 11 is 12.3. The van der Waals surface area contributed by atoms with Gasteiger partial charge < -0.3 is 4.57 Å². The predicted molar refractivity (Wildman–Crippen MR) is 85.7 cm³/mol. The van der Waals surface area contributed by atoms with Gasteiger partial charge in [-0.1, -0.05) is 35.3 Å². The molecule has 1 heterocycles. The van der Waals surface area contributed by atoms with Gasteiger partial charge in [-0.3, -0.25) is 14.8 Å². The molecule has 0 unspecified atom stereocenters. The van der Waals surface area contributed by atoms with E-state index in [2.05, 4.69) is 0 Å². The Hall–Kier alpha value is -2.08. The van der Waals surface area contributed by atoms with E-state index in [9.17, 15) is 9.59 Å². The van der Waals surface area contributed by atoms with Crippen molar-refractivity contribution in [2.24, 2.45) is 0 Å². The number of aromatic nitrogens is 1. The van der Waals surface area contributed by atoms with Crippen LogP contribution in [-0.4, -0.2) is 15.7 Å². The molecule has 0 saturated heterocycles. The zero-order valence-electron chi connectivity index (χ0n) is 11.1. The summed E-state index contributed by atoms with van der Waals surface area (Å²) in [5, 5.41) is 10.1. The summed E-state index contributed by atoms with van der Waals surface area (Å²) in [4.78, 5) is 24.2. The Balaban J connectivity index is 2.55. The maximum Gasteiger partial charge on any atom is 0.263 e. The summed E-state index contributed by atoms with van der Waals surface area (Å²) in [5.74, 6) is -0.633. The highest BCUT2D eigenvalue weighted by molar-refractivity contribution is 6.45. The van der Waals surface area contributed by atoms with Gasteiger partial charge >= 0.3 is 0 Å². The third-order valence-electron chi connectivity index (χ3n) is 3.45. The Kier molecular flexibility index (Phi) is 3.78. The Morgan fingerprint density at radius 1 is 1.14 bits per heavy atom. The maximum absolute atomic E-state index is 12.6. The Bertz CT molecular complexity index is 966. The van der Waals surface area contributed by atoms with Gasteiger partial charge in [-0.25, -0.2) is 5.48 Å². The molecule has 1 amide bonds. The molecular formula is C15H10Cl2N2O3. The Morgan fingerprint density at radius 3 is 2.59 bits per heavy atom.